The highest BCUT2D eigenvalue weighted by atomic mass is 19.3. The van der Waals surface area contributed by atoms with Crippen LogP contribution in [0.5, 0.6) is 0 Å². The molecule has 28 heavy (non-hydrogen) atoms. The van der Waals surface area contributed by atoms with Crippen molar-refractivity contribution in [2.45, 2.75) is 40.2 Å². The highest BCUT2D eigenvalue weighted by molar-refractivity contribution is 5.97. The van der Waals surface area contributed by atoms with Crippen molar-refractivity contribution < 1.29 is 13.6 Å². The molecule has 1 atom stereocenters. The van der Waals surface area contributed by atoms with Crippen LogP contribution in [0.25, 0.3) is 22.2 Å². The Bertz CT molecular complexity index is 1020. The summed E-state index contributed by atoms with van der Waals surface area (Å²) in [6.07, 6.45) is -1.01. The van der Waals surface area contributed by atoms with Crippen LogP contribution in [0.4, 0.5) is 14.5 Å². The number of nitrogens with zero attached hydrogens (tertiary/aromatic N) is 1. The Labute approximate surface area is 162 Å². The number of alkyl halides is 2. The maximum absolute atomic E-state index is 13.0. The molecule has 3 aromatic rings. The summed E-state index contributed by atoms with van der Waals surface area (Å²) in [5.41, 5.74) is 9.13. The van der Waals surface area contributed by atoms with Gasteiger partial charge < -0.3 is 16.0 Å². The van der Waals surface area contributed by atoms with Crippen LogP contribution in [0.2, 0.25) is 0 Å². The van der Waals surface area contributed by atoms with Crippen molar-refractivity contribution in [3.8, 4) is 11.1 Å². The number of nitrogens with one attached hydrogen (secondary N) is 2. The van der Waals surface area contributed by atoms with Gasteiger partial charge >= 0.3 is 0 Å². The minimum atomic E-state index is -2.59. The third-order valence-electron chi connectivity index (χ3n) is 4.79. The standard InChI is InChI=1S/C21H24F2N4O/c1-11-9-12(26-20(28)17(24)21(2,3)4)5-6-13(11)14-7-8-25-19-15(14)10-16(27-19)18(22)23/h5-10,17-18H,24H2,1-4H3,(H,25,27)(H,26,28)/t17-/m0/s1. The minimum absolute atomic E-state index is 0.160. The average Bonchev–Trinajstić information content (AvgIpc) is 3.05. The predicted octanol–water partition coefficient (Wildman–Crippen LogP) is 4.79. The van der Waals surface area contributed by atoms with Gasteiger partial charge in [0.1, 0.15) is 5.65 Å². The first-order valence-corrected chi connectivity index (χ1v) is 9.01. The van der Waals surface area contributed by atoms with Crippen molar-refractivity contribution in [2.24, 2.45) is 11.1 Å². The Kier molecular flexibility index (Phi) is 5.21. The lowest BCUT2D eigenvalue weighted by Crippen LogP contribution is -2.45. The van der Waals surface area contributed by atoms with Crippen LogP contribution in [-0.4, -0.2) is 21.9 Å². The number of aromatic amines is 1. The van der Waals surface area contributed by atoms with Gasteiger partial charge in [-0.1, -0.05) is 26.8 Å². The number of pyridine rings is 1. The van der Waals surface area contributed by atoms with E-state index in [-0.39, 0.29) is 17.0 Å². The number of anilines is 1. The van der Waals surface area contributed by atoms with Gasteiger partial charge in [-0.15, -0.1) is 0 Å². The van der Waals surface area contributed by atoms with E-state index >= 15 is 0 Å². The summed E-state index contributed by atoms with van der Waals surface area (Å²) in [5.74, 6) is -0.252. The molecule has 7 heteroatoms. The summed E-state index contributed by atoms with van der Waals surface area (Å²) < 4.78 is 26.1. The third kappa shape index (κ3) is 3.89. The van der Waals surface area contributed by atoms with E-state index in [1.807, 2.05) is 39.8 Å². The van der Waals surface area contributed by atoms with Gasteiger partial charge in [0.2, 0.25) is 5.91 Å². The number of aryl methyl sites for hydroxylation is 1. The zero-order valence-electron chi connectivity index (χ0n) is 16.3. The van der Waals surface area contributed by atoms with Gasteiger partial charge in [0, 0.05) is 17.3 Å². The Morgan fingerprint density at radius 3 is 2.50 bits per heavy atom. The van der Waals surface area contributed by atoms with Crippen LogP contribution >= 0.6 is 0 Å². The number of nitrogens with two attached hydrogens (primary N) is 1. The fourth-order valence-electron chi connectivity index (χ4n) is 3.06. The van der Waals surface area contributed by atoms with E-state index in [0.717, 1.165) is 16.7 Å². The number of benzene rings is 1. The molecule has 2 aromatic heterocycles. The molecule has 0 saturated carbocycles. The predicted molar refractivity (Wildman–Crippen MR) is 107 cm³/mol. The Morgan fingerprint density at radius 2 is 1.89 bits per heavy atom. The summed E-state index contributed by atoms with van der Waals surface area (Å²) in [6.45, 7) is 7.63. The lowest BCUT2D eigenvalue weighted by Gasteiger charge is -2.26. The van der Waals surface area contributed by atoms with E-state index in [2.05, 4.69) is 15.3 Å². The van der Waals surface area contributed by atoms with E-state index in [9.17, 15) is 13.6 Å². The molecule has 0 aliphatic heterocycles. The quantitative estimate of drug-likeness (QED) is 0.603. The lowest BCUT2D eigenvalue weighted by molar-refractivity contribution is -0.119. The summed E-state index contributed by atoms with van der Waals surface area (Å²) in [4.78, 5) is 19.1. The van der Waals surface area contributed by atoms with Crippen molar-refractivity contribution in [1.29, 1.82) is 0 Å². The largest absolute Gasteiger partial charge is 0.338 e. The lowest BCUT2D eigenvalue weighted by atomic mass is 9.87. The molecule has 4 N–H and O–H groups in total. The second-order valence-corrected chi connectivity index (χ2v) is 8.01. The molecule has 0 unspecified atom stereocenters. The van der Waals surface area contributed by atoms with Crippen LogP contribution in [-0.2, 0) is 4.79 Å². The molecule has 2 heterocycles. The number of amides is 1. The average molecular weight is 386 g/mol. The van der Waals surface area contributed by atoms with Crippen molar-refractivity contribution in [2.75, 3.05) is 5.32 Å². The van der Waals surface area contributed by atoms with E-state index < -0.39 is 12.5 Å². The van der Waals surface area contributed by atoms with Crippen LogP contribution in [0.15, 0.2) is 36.5 Å². The monoisotopic (exact) mass is 386 g/mol. The highest BCUT2D eigenvalue weighted by Gasteiger charge is 2.27. The summed E-state index contributed by atoms with van der Waals surface area (Å²) >= 11 is 0. The highest BCUT2D eigenvalue weighted by Crippen LogP contribution is 2.33. The van der Waals surface area contributed by atoms with Gasteiger partial charge in [-0.2, -0.15) is 0 Å². The van der Waals surface area contributed by atoms with Gasteiger partial charge in [0.05, 0.1) is 11.7 Å². The number of aromatic nitrogens is 2. The minimum Gasteiger partial charge on any atom is -0.338 e. The molecule has 0 bridgehead atoms. The molecule has 0 fully saturated rings. The first kappa shape index (κ1) is 19.9. The van der Waals surface area contributed by atoms with E-state index in [4.69, 9.17) is 5.73 Å². The molecule has 5 nitrogen and oxygen atoms in total. The number of hydrogen-bond acceptors (Lipinski definition) is 3. The van der Waals surface area contributed by atoms with Gasteiger partial charge in [-0.05, 0) is 53.3 Å². The van der Waals surface area contributed by atoms with E-state index in [1.165, 1.54) is 6.07 Å². The van der Waals surface area contributed by atoms with Crippen LogP contribution < -0.4 is 11.1 Å². The number of H-pyrrole nitrogens is 1. The Morgan fingerprint density at radius 1 is 1.18 bits per heavy atom. The van der Waals surface area contributed by atoms with Gasteiger partial charge in [-0.3, -0.25) is 4.79 Å². The normalized spacial score (nSPS) is 13.1. The maximum atomic E-state index is 13.0. The van der Waals surface area contributed by atoms with Crippen LogP contribution in [0.3, 0.4) is 0 Å². The number of fused-ring (bicyclic) bond motifs is 1. The van der Waals surface area contributed by atoms with Crippen molar-refractivity contribution in [3.63, 3.8) is 0 Å². The zero-order chi connectivity index (χ0) is 20.6. The molecule has 0 saturated heterocycles. The topological polar surface area (TPSA) is 83.8 Å². The number of carbonyl (C=O) groups is 1. The Hall–Kier alpha value is -2.80. The van der Waals surface area contributed by atoms with Crippen LogP contribution in [0, 0.1) is 12.3 Å². The van der Waals surface area contributed by atoms with Gasteiger partial charge in [0.15, 0.2) is 0 Å². The first-order valence-electron chi connectivity index (χ1n) is 9.01. The number of rotatable bonds is 4. The van der Waals surface area contributed by atoms with E-state index in [1.54, 1.807) is 18.3 Å². The second-order valence-electron chi connectivity index (χ2n) is 8.01. The van der Waals surface area contributed by atoms with Crippen LogP contribution in [0.1, 0.15) is 38.5 Å². The molecule has 1 aromatic carbocycles. The smallest absolute Gasteiger partial charge is 0.278 e. The van der Waals surface area contributed by atoms with Crippen molar-refractivity contribution in [3.05, 3.63) is 47.8 Å². The summed E-state index contributed by atoms with van der Waals surface area (Å²) in [7, 11) is 0. The third-order valence-corrected chi connectivity index (χ3v) is 4.79. The molecule has 3 rings (SSSR count). The molecule has 0 radical (unpaired) electrons. The molecule has 0 aliphatic rings. The zero-order valence-corrected chi connectivity index (χ0v) is 16.3. The van der Waals surface area contributed by atoms with Gasteiger partial charge in [-0.25, -0.2) is 13.8 Å². The van der Waals surface area contributed by atoms with Crippen molar-refractivity contribution >= 4 is 22.6 Å². The second kappa shape index (κ2) is 7.31. The van der Waals surface area contributed by atoms with E-state index in [0.29, 0.717) is 16.7 Å². The molecule has 0 aliphatic carbocycles. The first-order chi connectivity index (χ1) is 13.1. The van der Waals surface area contributed by atoms with Gasteiger partial charge in [0.25, 0.3) is 6.43 Å². The molecular weight excluding hydrogens is 362 g/mol. The molecular formula is C21H24F2N4O. The van der Waals surface area contributed by atoms with Crippen molar-refractivity contribution in [1.82, 2.24) is 9.97 Å². The SMILES string of the molecule is Cc1cc(NC(=O)[C@H](N)C(C)(C)C)ccc1-c1ccnc2[nH]c(C(F)F)cc12. The number of halogens is 2. The fraction of sp³-hybridized carbons (Fsp3) is 0.333. The maximum Gasteiger partial charge on any atom is 0.278 e. The molecule has 148 valence electrons. The molecule has 1 amide bonds. The Balaban J connectivity index is 1.93. The molecule has 0 spiro atoms. The fourth-order valence-corrected chi connectivity index (χ4v) is 3.06. The summed E-state index contributed by atoms with van der Waals surface area (Å²) in [5, 5.41) is 3.47. The number of hydrogen-bond donors (Lipinski definition) is 3. The number of carbonyl (C=O) groups excluding carboxylic acids is 1. The summed E-state index contributed by atoms with van der Waals surface area (Å²) in [6, 6.07) is 8.07.